The summed E-state index contributed by atoms with van der Waals surface area (Å²) in [5, 5.41) is 3.57. The quantitative estimate of drug-likeness (QED) is 0.119. The lowest BCUT2D eigenvalue weighted by Crippen LogP contribution is -2.20. The number of benzene rings is 5. The lowest BCUT2D eigenvalue weighted by Gasteiger charge is -2.25. The second-order valence-corrected chi connectivity index (χ2v) is 12.6. The number of hydrogen-bond donors (Lipinski definition) is 1. The lowest BCUT2D eigenvalue weighted by molar-refractivity contribution is -0.134. The van der Waals surface area contributed by atoms with E-state index in [1.165, 1.54) is 11.1 Å². The first-order chi connectivity index (χ1) is 22.2. The molecule has 5 aromatic carbocycles. The Kier molecular flexibility index (Phi) is 10.3. The molecule has 0 fully saturated rings. The fourth-order valence-electron chi connectivity index (χ4n) is 6.39. The van der Waals surface area contributed by atoms with Crippen molar-refractivity contribution in [2.45, 2.75) is 65.8 Å². The second kappa shape index (κ2) is 14.5. The highest BCUT2D eigenvalue weighted by atomic mass is 16.5. The molecular weight excluding hydrogens is 566 g/mol. The molecule has 4 heteroatoms. The topological polar surface area (TPSA) is 47.6 Å². The summed E-state index contributed by atoms with van der Waals surface area (Å²) in [6.45, 7) is 13.1. The Labute approximate surface area is 274 Å². The SMILES string of the molecule is COc1ccccc1N[C@@H](CC(=O)Oc1c(-c2ccccc2C(C)C)c(C)cc(C)c1-c1ccccc1C(C)C)c1ccccc1. The van der Waals surface area contributed by atoms with Gasteiger partial charge < -0.3 is 14.8 Å². The number of ether oxygens (including phenoxy) is 2. The summed E-state index contributed by atoms with van der Waals surface area (Å²) in [5.41, 5.74) is 10.5. The Morgan fingerprint density at radius 1 is 0.674 bits per heavy atom. The summed E-state index contributed by atoms with van der Waals surface area (Å²) in [6, 6.07) is 36.6. The van der Waals surface area contributed by atoms with Gasteiger partial charge in [0.15, 0.2) is 0 Å². The number of carbonyl (C=O) groups excluding carboxylic acids is 1. The van der Waals surface area contributed by atoms with Crippen LogP contribution in [-0.4, -0.2) is 13.1 Å². The highest BCUT2D eigenvalue weighted by Gasteiger charge is 2.27. The van der Waals surface area contributed by atoms with E-state index in [-0.39, 0.29) is 18.4 Å². The molecule has 46 heavy (non-hydrogen) atoms. The fourth-order valence-corrected chi connectivity index (χ4v) is 6.39. The van der Waals surface area contributed by atoms with Crippen LogP contribution >= 0.6 is 0 Å². The summed E-state index contributed by atoms with van der Waals surface area (Å²) < 4.78 is 12.3. The fraction of sp³-hybridized carbons (Fsp3) is 0.262. The summed E-state index contributed by atoms with van der Waals surface area (Å²) >= 11 is 0. The maximum absolute atomic E-state index is 14.3. The molecule has 0 amide bonds. The second-order valence-electron chi connectivity index (χ2n) is 12.6. The van der Waals surface area contributed by atoms with Crippen LogP contribution in [0.4, 0.5) is 5.69 Å². The van der Waals surface area contributed by atoms with E-state index in [2.05, 4.69) is 101 Å². The number of aryl methyl sites for hydroxylation is 2. The van der Waals surface area contributed by atoms with Crippen LogP contribution in [-0.2, 0) is 4.79 Å². The van der Waals surface area contributed by atoms with Crippen LogP contribution in [0.5, 0.6) is 11.5 Å². The lowest BCUT2D eigenvalue weighted by atomic mass is 9.84. The van der Waals surface area contributed by atoms with Crippen molar-refractivity contribution in [3.63, 3.8) is 0 Å². The van der Waals surface area contributed by atoms with Gasteiger partial charge >= 0.3 is 5.97 Å². The molecule has 0 heterocycles. The summed E-state index contributed by atoms with van der Waals surface area (Å²) in [6.07, 6.45) is 0.117. The van der Waals surface area contributed by atoms with E-state index in [9.17, 15) is 4.79 Å². The standard InChI is InChI=1S/C42H45NO3/c1-27(2)32-19-11-13-21-34(32)40-29(5)25-30(6)41(35-22-14-12-20-33(35)28(3)4)42(40)46-39(44)26-37(31-17-9-8-10-18-31)43-36-23-15-16-24-38(36)45-7/h8-25,27-28,37,43H,26H2,1-7H3/t37-/m0/s1. The Hall–Kier alpha value is -4.83. The van der Waals surface area contributed by atoms with E-state index in [1.54, 1.807) is 7.11 Å². The van der Waals surface area contributed by atoms with Gasteiger partial charge in [-0.15, -0.1) is 0 Å². The van der Waals surface area contributed by atoms with Gasteiger partial charge in [-0.1, -0.05) is 125 Å². The molecule has 4 nitrogen and oxygen atoms in total. The molecule has 0 unspecified atom stereocenters. The molecule has 0 saturated carbocycles. The van der Waals surface area contributed by atoms with E-state index in [4.69, 9.17) is 9.47 Å². The highest BCUT2D eigenvalue weighted by Crippen LogP contribution is 2.47. The first-order valence-corrected chi connectivity index (χ1v) is 16.2. The number of methoxy groups -OCH3 is 1. The monoisotopic (exact) mass is 611 g/mol. The molecule has 0 spiro atoms. The average Bonchev–Trinajstić information content (AvgIpc) is 3.05. The summed E-state index contributed by atoms with van der Waals surface area (Å²) in [5.74, 6) is 1.60. The van der Waals surface area contributed by atoms with Crippen molar-refractivity contribution >= 4 is 11.7 Å². The molecule has 1 atom stereocenters. The molecule has 5 aromatic rings. The normalized spacial score (nSPS) is 11.8. The van der Waals surface area contributed by atoms with E-state index in [0.717, 1.165) is 44.6 Å². The third-order valence-corrected chi connectivity index (χ3v) is 8.61. The van der Waals surface area contributed by atoms with Crippen molar-refractivity contribution in [3.05, 3.63) is 137 Å². The first-order valence-electron chi connectivity index (χ1n) is 16.2. The van der Waals surface area contributed by atoms with Crippen LogP contribution in [0.15, 0.2) is 109 Å². The zero-order chi connectivity index (χ0) is 32.8. The Morgan fingerprint density at radius 3 is 1.72 bits per heavy atom. The van der Waals surface area contributed by atoms with Crippen LogP contribution in [0.3, 0.4) is 0 Å². The number of esters is 1. The van der Waals surface area contributed by atoms with Gasteiger partial charge in [0, 0.05) is 11.1 Å². The van der Waals surface area contributed by atoms with Crippen molar-refractivity contribution < 1.29 is 14.3 Å². The molecule has 0 aromatic heterocycles. The number of para-hydroxylation sites is 2. The van der Waals surface area contributed by atoms with Crippen LogP contribution < -0.4 is 14.8 Å². The molecular formula is C42H45NO3. The van der Waals surface area contributed by atoms with E-state index in [0.29, 0.717) is 23.3 Å². The third kappa shape index (κ3) is 7.02. The van der Waals surface area contributed by atoms with Crippen LogP contribution in [0, 0.1) is 13.8 Å². The summed E-state index contributed by atoms with van der Waals surface area (Å²) in [7, 11) is 1.65. The van der Waals surface area contributed by atoms with E-state index >= 15 is 0 Å². The zero-order valence-electron chi connectivity index (χ0n) is 28.1. The van der Waals surface area contributed by atoms with Crippen molar-refractivity contribution in [1.29, 1.82) is 0 Å². The van der Waals surface area contributed by atoms with E-state index in [1.807, 2.05) is 54.6 Å². The van der Waals surface area contributed by atoms with Crippen molar-refractivity contribution in [2.24, 2.45) is 0 Å². The van der Waals surface area contributed by atoms with Crippen molar-refractivity contribution in [3.8, 4) is 33.8 Å². The summed E-state index contributed by atoms with van der Waals surface area (Å²) in [4.78, 5) is 14.3. The van der Waals surface area contributed by atoms with E-state index < -0.39 is 0 Å². The Balaban J connectivity index is 1.66. The molecule has 0 bridgehead atoms. The Morgan fingerprint density at radius 2 is 1.17 bits per heavy atom. The minimum atomic E-state index is -0.339. The van der Waals surface area contributed by atoms with Gasteiger partial charge in [-0.3, -0.25) is 4.79 Å². The smallest absolute Gasteiger partial charge is 0.313 e. The largest absolute Gasteiger partial charge is 0.495 e. The molecule has 0 aliphatic carbocycles. The van der Waals surface area contributed by atoms with Crippen LogP contribution in [0.2, 0.25) is 0 Å². The minimum absolute atomic E-state index is 0.117. The molecule has 5 rings (SSSR count). The minimum Gasteiger partial charge on any atom is -0.495 e. The predicted molar refractivity (Wildman–Crippen MR) is 191 cm³/mol. The van der Waals surface area contributed by atoms with Gasteiger partial charge in [0.1, 0.15) is 11.5 Å². The third-order valence-electron chi connectivity index (χ3n) is 8.61. The number of carbonyl (C=O) groups is 1. The average molecular weight is 612 g/mol. The maximum atomic E-state index is 14.3. The molecule has 0 aliphatic rings. The molecule has 0 aliphatic heterocycles. The number of rotatable bonds is 11. The highest BCUT2D eigenvalue weighted by molar-refractivity contribution is 5.91. The van der Waals surface area contributed by atoms with Crippen LogP contribution in [0.1, 0.15) is 79.8 Å². The van der Waals surface area contributed by atoms with Crippen molar-refractivity contribution in [1.82, 2.24) is 0 Å². The number of anilines is 1. The molecule has 0 saturated heterocycles. The van der Waals surface area contributed by atoms with Crippen molar-refractivity contribution in [2.75, 3.05) is 12.4 Å². The van der Waals surface area contributed by atoms with Crippen LogP contribution in [0.25, 0.3) is 22.3 Å². The maximum Gasteiger partial charge on any atom is 0.313 e. The molecule has 0 radical (unpaired) electrons. The number of nitrogens with one attached hydrogen (secondary N) is 1. The predicted octanol–water partition coefficient (Wildman–Crippen LogP) is 11.0. The molecule has 236 valence electrons. The van der Waals surface area contributed by atoms with Gasteiger partial charge in [0.25, 0.3) is 0 Å². The number of hydrogen-bond acceptors (Lipinski definition) is 4. The van der Waals surface area contributed by atoms with Gasteiger partial charge in [-0.25, -0.2) is 0 Å². The van der Waals surface area contributed by atoms with Gasteiger partial charge in [-0.2, -0.15) is 0 Å². The first kappa shape index (κ1) is 32.6. The Bertz CT molecular complexity index is 1730. The van der Waals surface area contributed by atoms with Gasteiger partial charge in [0.05, 0.1) is 25.3 Å². The van der Waals surface area contributed by atoms with Gasteiger partial charge in [-0.05, 0) is 76.8 Å². The molecule has 1 N–H and O–H groups in total. The zero-order valence-corrected chi connectivity index (χ0v) is 28.1. The van der Waals surface area contributed by atoms with Gasteiger partial charge in [0.2, 0.25) is 0 Å².